The summed E-state index contributed by atoms with van der Waals surface area (Å²) >= 11 is 0. The molecule has 2 rings (SSSR count). The number of alkyl halides is 2. The van der Waals surface area contributed by atoms with Crippen molar-refractivity contribution >= 4 is 0 Å². The summed E-state index contributed by atoms with van der Waals surface area (Å²) in [5, 5.41) is 0. The van der Waals surface area contributed by atoms with Gasteiger partial charge < -0.3 is 10.2 Å². The maximum atomic E-state index is 12.9. The largest absolute Gasteiger partial charge is 0.445 e. The third-order valence-electron chi connectivity index (χ3n) is 3.07. The van der Waals surface area contributed by atoms with Crippen LogP contribution in [0.3, 0.4) is 0 Å². The van der Waals surface area contributed by atoms with E-state index in [1.54, 1.807) is 13.8 Å². The number of halogens is 2. The molecule has 3 nitrogen and oxygen atoms in total. The smallest absolute Gasteiger partial charge is 0.250 e. The molecular formula is C10H14F2N2O. The summed E-state index contributed by atoms with van der Waals surface area (Å²) in [4.78, 5) is 4.16. The van der Waals surface area contributed by atoms with Gasteiger partial charge in [0.05, 0.1) is 11.1 Å². The quantitative estimate of drug-likeness (QED) is 0.821. The van der Waals surface area contributed by atoms with E-state index >= 15 is 0 Å². The first-order chi connectivity index (χ1) is 6.88. The minimum absolute atomic E-state index is 0.155. The molecule has 0 amide bonds. The van der Waals surface area contributed by atoms with Crippen LogP contribution >= 0.6 is 0 Å². The third-order valence-corrected chi connectivity index (χ3v) is 3.07. The number of oxazole rings is 1. The Bertz CT molecular complexity index is 359. The van der Waals surface area contributed by atoms with Crippen LogP contribution in [0, 0.1) is 13.8 Å². The van der Waals surface area contributed by atoms with E-state index in [0.717, 1.165) is 5.69 Å². The second-order valence-electron chi connectivity index (χ2n) is 4.35. The Hall–Kier alpha value is -0.970. The van der Waals surface area contributed by atoms with Crippen LogP contribution in [-0.4, -0.2) is 17.5 Å². The number of nitrogens with two attached hydrogens (primary N) is 1. The maximum Gasteiger partial charge on any atom is 0.250 e. The topological polar surface area (TPSA) is 52.0 Å². The van der Waals surface area contributed by atoms with Crippen LogP contribution in [0.2, 0.25) is 0 Å². The van der Waals surface area contributed by atoms with Crippen LogP contribution in [0.4, 0.5) is 8.78 Å². The maximum absolute atomic E-state index is 12.9. The zero-order valence-electron chi connectivity index (χ0n) is 8.81. The molecule has 0 spiro atoms. The Kier molecular flexibility index (Phi) is 2.12. The molecule has 1 fully saturated rings. The van der Waals surface area contributed by atoms with E-state index in [9.17, 15) is 8.78 Å². The van der Waals surface area contributed by atoms with E-state index in [1.807, 2.05) is 0 Å². The van der Waals surface area contributed by atoms with Gasteiger partial charge in [-0.25, -0.2) is 13.8 Å². The second kappa shape index (κ2) is 3.01. The van der Waals surface area contributed by atoms with Gasteiger partial charge in [0.25, 0.3) is 0 Å². The summed E-state index contributed by atoms with van der Waals surface area (Å²) in [6, 6.07) is 0. The fourth-order valence-corrected chi connectivity index (χ4v) is 2.02. The van der Waals surface area contributed by atoms with Gasteiger partial charge >= 0.3 is 0 Å². The second-order valence-corrected chi connectivity index (χ2v) is 4.35. The van der Waals surface area contributed by atoms with Crippen molar-refractivity contribution in [2.75, 3.05) is 6.54 Å². The Morgan fingerprint density at radius 1 is 1.40 bits per heavy atom. The number of aromatic nitrogens is 1. The number of rotatable bonds is 2. The molecule has 1 aliphatic rings. The van der Waals surface area contributed by atoms with Gasteiger partial charge in [0.15, 0.2) is 0 Å². The molecule has 1 aromatic rings. The van der Waals surface area contributed by atoms with Crippen LogP contribution in [0.15, 0.2) is 4.42 Å². The predicted molar refractivity (Wildman–Crippen MR) is 50.9 cm³/mol. The first kappa shape index (κ1) is 10.5. The van der Waals surface area contributed by atoms with Crippen molar-refractivity contribution in [3.05, 3.63) is 17.3 Å². The summed E-state index contributed by atoms with van der Waals surface area (Å²) in [5.74, 6) is -1.57. The molecule has 84 valence electrons. The molecule has 1 saturated carbocycles. The Morgan fingerprint density at radius 2 is 2.00 bits per heavy atom. The summed E-state index contributed by atoms with van der Waals surface area (Å²) in [6.07, 6.45) is -0.508. The number of hydrogen-bond donors (Lipinski definition) is 1. The summed E-state index contributed by atoms with van der Waals surface area (Å²) in [6.45, 7) is 3.72. The monoisotopic (exact) mass is 216 g/mol. The molecular weight excluding hydrogens is 202 g/mol. The van der Waals surface area contributed by atoms with Crippen LogP contribution < -0.4 is 5.73 Å². The highest BCUT2D eigenvalue weighted by Gasteiger charge is 2.59. The lowest BCUT2D eigenvalue weighted by Gasteiger charge is -2.44. The van der Waals surface area contributed by atoms with Gasteiger partial charge in [-0.3, -0.25) is 0 Å². The fraction of sp³-hybridized carbons (Fsp3) is 0.700. The summed E-state index contributed by atoms with van der Waals surface area (Å²) in [7, 11) is 0. The van der Waals surface area contributed by atoms with Crippen LogP contribution in [0.1, 0.15) is 30.2 Å². The number of nitrogens with zero attached hydrogens (tertiary/aromatic N) is 1. The molecule has 15 heavy (non-hydrogen) atoms. The highest BCUT2D eigenvalue weighted by molar-refractivity contribution is 5.20. The first-order valence-corrected chi connectivity index (χ1v) is 4.91. The van der Waals surface area contributed by atoms with E-state index in [0.29, 0.717) is 11.7 Å². The molecule has 1 heterocycles. The number of hydrogen-bond acceptors (Lipinski definition) is 3. The highest BCUT2D eigenvalue weighted by atomic mass is 19.3. The van der Waals surface area contributed by atoms with Crippen LogP contribution in [0.5, 0.6) is 0 Å². The SMILES string of the molecule is Cc1nc(C2(CN)CC(F)(F)C2)oc1C. The zero-order valence-corrected chi connectivity index (χ0v) is 8.81. The Morgan fingerprint density at radius 3 is 2.33 bits per heavy atom. The van der Waals surface area contributed by atoms with Crippen molar-refractivity contribution in [2.24, 2.45) is 5.73 Å². The van der Waals surface area contributed by atoms with Gasteiger partial charge in [-0.1, -0.05) is 0 Å². The molecule has 2 N–H and O–H groups in total. The van der Waals surface area contributed by atoms with Gasteiger partial charge in [0, 0.05) is 19.4 Å². The molecule has 0 atom stereocenters. The minimum atomic E-state index is -2.62. The standard InChI is InChI=1S/C10H14F2N2O/c1-6-7(2)15-8(14-6)9(5-13)3-10(11,12)4-9/h3-5,13H2,1-2H3. The molecule has 5 heteroatoms. The molecule has 0 unspecified atom stereocenters. The summed E-state index contributed by atoms with van der Waals surface area (Å²) in [5.41, 5.74) is 5.54. The average molecular weight is 216 g/mol. The van der Waals surface area contributed by atoms with Crippen molar-refractivity contribution in [3.8, 4) is 0 Å². The van der Waals surface area contributed by atoms with Gasteiger partial charge in [-0.2, -0.15) is 0 Å². The molecule has 0 aromatic carbocycles. The zero-order chi connectivity index (χ0) is 11.3. The molecule has 1 aromatic heterocycles. The lowest BCUT2D eigenvalue weighted by molar-refractivity contribution is -0.130. The molecule has 0 aliphatic heterocycles. The van der Waals surface area contributed by atoms with Crippen molar-refractivity contribution in [3.63, 3.8) is 0 Å². The molecule has 1 aliphatic carbocycles. The summed E-state index contributed by atoms with van der Waals surface area (Å²) < 4.78 is 31.2. The van der Waals surface area contributed by atoms with Crippen LogP contribution in [-0.2, 0) is 5.41 Å². The van der Waals surface area contributed by atoms with Gasteiger partial charge in [-0.05, 0) is 13.8 Å². The van der Waals surface area contributed by atoms with Gasteiger partial charge in [0.2, 0.25) is 11.8 Å². The minimum Gasteiger partial charge on any atom is -0.445 e. The van der Waals surface area contributed by atoms with Crippen molar-refractivity contribution in [1.29, 1.82) is 0 Å². The van der Waals surface area contributed by atoms with E-state index < -0.39 is 11.3 Å². The highest BCUT2D eigenvalue weighted by Crippen LogP contribution is 2.52. The van der Waals surface area contributed by atoms with E-state index in [4.69, 9.17) is 10.2 Å². The number of aryl methyl sites for hydroxylation is 2. The molecule has 0 radical (unpaired) electrons. The van der Waals surface area contributed by atoms with E-state index in [-0.39, 0.29) is 19.4 Å². The average Bonchev–Trinajstić information content (AvgIpc) is 2.42. The third kappa shape index (κ3) is 1.55. The lowest BCUT2D eigenvalue weighted by Crippen LogP contribution is -2.53. The fourth-order valence-electron chi connectivity index (χ4n) is 2.02. The molecule has 0 bridgehead atoms. The Balaban J connectivity index is 2.29. The predicted octanol–water partition coefficient (Wildman–Crippen LogP) is 1.92. The normalized spacial score (nSPS) is 22.5. The van der Waals surface area contributed by atoms with Crippen molar-refractivity contribution < 1.29 is 13.2 Å². The van der Waals surface area contributed by atoms with Gasteiger partial charge in [-0.15, -0.1) is 0 Å². The van der Waals surface area contributed by atoms with Crippen LogP contribution in [0.25, 0.3) is 0 Å². The lowest BCUT2D eigenvalue weighted by atomic mass is 9.66. The van der Waals surface area contributed by atoms with E-state index in [2.05, 4.69) is 4.98 Å². The van der Waals surface area contributed by atoms with Crippen molar-refractivity contribution in [1.82, 2.24) is 4.98 Å². The Labute approximate surface area is 86.7 Å². The van der Waals surface area contributed by atoms with E-state index in [1.165, 1.54) is 0 Å². The first-order valence-electron chi connectivity index (χ1n) is 4.91. The molecule has 0 saturated heterocycles. The van der Waals surface area contributed by atoms with Crippen molar-refractivity contribution in [2.45, 2.75) is 38.0 Å². The van der Waals surface area contributed by atoms with Gasteiger partial charge in [0.1, 0.15) is 5.76 Å².